The van der Waals surface area contributed by atoms with Crippen molar-refractivity contribution < 1.29 is 34.8 Å². The van der Waals surface area contributed by atoms with Gasteiger partial charge in [-0.3, -0.25) is 0 Å². The Kier molecular flexibility index (Phi) is 4.24. The first-order valence-corrected chi connectivity index (χ1v) is 4.89. The van der Waals surface area contributed by atoms with Gasteiger partial charge in [0.1, 0.15) is 17.4 Å². The highest BCUT2D eigenvalue weighted by molar-refractivity contribution is 5.91. The maximum Gasteiger partial charge on any atom is 0.339 e. The second-order valence-electron chi connectivity index (χ2n) is 3.46. The normalized spacial score (nSPS) is 13.7. The Hall–Kier alpha value is -2.12. The highest BCUT2D eigenvalue weighted by Crippen LogP contribution is 2.30. The molecule has 0 saturated heterocycles. The van der Waals surface area contributed by atoms with Crippen molar-refractivity contribution in [3.63, 3.8) is 0 Å². The molecule has 2 unspecified atom stereocenters. The lowest BCUT2D eigenvalue weighted by Crippen LogP contribution is -2.28. The summed E-state index contributed by atoms with van der Waals surface area (Å²) in [5, 5.41) is 36.4. The first kappa shape index (κ1) is 13.9. The van der Waals surface area contributed by atoms with Crippen LogP contribution in [0, 0.1) is 0 Å². The summed E-state index contributed by atoms with van der Waals surface area (Å²) in [4.78, 5) is 21.5. The molecule has 1 rings (SSSR count). The van der Waals surface area contributed by atoms with Gasteiger partial charge in [-0.2, -0.15) is 0 Å². The molecule has 1 aromatic rings. The minimum Gasteiger partial charge on any atom is -0.495 e. The quantitative estimate of drug-likeness (QED) is 0.578. The maximum atomic E-state index is 10.9. The first-order chi connectivity index (χ1) is 8.40. The Morgan fingerprint density at radius 3 is 2.28 bits per heavy atom. The number of aliphatic hydroxyl groups is 2. The molecule has 0 aliphatic carbocycles. The molecule has 7 heteroatoms. The zero-order valence-electron chi connectivity index (χ0n) is 9.40. The third kappa shape index (κ3) is 2.58. The number of para-hydroxylation sites is 1. The number of carbonyl (C=O) groups is 2. The van der Waals surface area contributed by atoms with E-state index in [0.29, 0.717) is 0 Å². The lowest BCUT2D eigenvalue weighted by molar-refractivity contribution is -0.153. The van der Waals surface area contributed by atoms with E-state index in [2.05, 4.69) is 0 Å². The van der Waals surface area contributed by atoms with E-state index in [9.17, 15) is 19.8 Å². The van der Waals surface area contributed by atoms with Gasteiger partial charge >= 0.3 is 11.9 Å². The summed E-state index contributed by atoms with van der Waals surface area (Å²) in [7, 11) is 1.19. The van der Waals surface area contributed by atoms with Crippen LogP contribution in [-0.2, 0) is 4.79 Å². The van der Waals surface area contributed by atoms with Gasteiger partial charge in [0.05, 0.1) is 7.11 Å². The summed E-state index contributed by atoms with van der Waals surface area (Å²) >= 11 is 0. The van der Waals surface area contributed by atoms with Crippen molar-refractivity contribution in [3.8, 4) is 5.75 Å². The highest BCUT2D eigenvalue weighted by Gasteiger charge is 2.29. The summed E-state index contributed by atoms with van der Waals surface area (Å²) in [5.74, 6) is -3.09. The van der Waals surface area contributed by atoms with Gasteiger partial charge in [0, 0.05) is 5.56 Å². The molecule has 0 aliphatic rings. The third-order valence-electron chi connectivity index (χ3n) is 2.35. The Morgan fingerprint density at radius 1 is 1.22 bits per heavy atom. The van der Waals surface area contributed by atoms with E-state index >= 15 is 0 Å². The zero-order valence-corrected chi connectivity index (χ0v) is 9.40. The predicted octanol–water partition coefficient (Wildman–Crippen LogP) is -0.128. The standard InChI is InChI=1S/C11H12O7/c1-18-9-5(7(12)8(13)11(16)17)3-2-4-6(9)10(14)15/h2-4,7-8,12-13H,1H3,(H,14,15)(H,16,17). The van der Waals surface area contributed by atoms with E-state index in [1.807, 2.05) is 0 Å². The van der Waals surface area contributed by atoms with Crippen molar-refractivity contribution in [2.75, 3.05) is 7.11 Å². The number of benzene rings is 1. The topological polar surface area (TPSA) is 124 Å². The maximum absolute atomic E-state index is 10.9. The number of aliphatic carboxylic acids is 1. The fourth-order valence-corrected chi connectivity index (χ4v) is 1.49. The Morgan fingerprint density at radius 2 is 1.83 bits per heavy atom. The molecule has 7 nitrogen and oxygen atoms in total. The Labute approximate surface area is 102 Å². The fraction of sp³-hybridized carbons (Fsp3) is 0.273. The Balaban J connectivity index is 3.28. The molecule has 0 amide bonds. The average molecular weight is 256 g/mol. The number of carboxylic acids is 2. The van der Waals surface area contributed by atoms with Gasteiger partial charge in [-0.15, -0.1) is 0 Å². The number of rotatable bonds is 5. The van der Waals surface area contributed by atoms with Crippen molar-refractivity contribution in [1.29, 1.82) is 0 Å². The predicted molar refractivity (Wildman–Crippen MR) is 58.6 cm³/mol. The van der Waals surface area contributed by atoms with E-state index in [-0.39, 0.29) is 16.9 Å². The smallest absolute Gasteiger partial charge is 0.339 e. The van der Waals surface area contributed by atoms with Gasteiger partial charge in [-0.25, -0.2) is 9.59 Å². The van der Waals surface area contributed by atoms with Crippen molar-refractivity contribution in [2.24, 2.45) is 0 Å². The summed E-state index contributed by atoms with van der Waals surface area (Å²) in [6.07, 6.45) is -3.85. The molecule has 0 fully saturated rings. The number of hydrogen-bond donors (Lipinski definition) is 4. The zero-order chi connectivity index (χ0) is 13.9. The summed E-state index contributed by atoms with van der Waals surface area (Å²) in [6.45, 7) is 0. The van der Waals surface area contributed by atoms with Gasteiger partial charge in [-0.1, -0.05) is 12.1 Å². The van der Waals surface area contributed by atoms with Crippen molar-refractivity contribution in [3.05, 3.63) is 29.3 Å². The summed E-state index contributed by atoms with van der Waals surface area (Å²) in [6, 6.07) is 3.84. The van der Waals surface area contributed by atoms with Crippen LogP contribution in [0.15, 0.2) is 18.2 Å². The first-order valence-electron chi connectivity index (χ1n) is 4.89. The van der Waals surface area contributed by atoms with Crippen LogP contribution in [0.1, 0.15) is 22.0 Å². The molecule has 2 atom stereocenters. The number of aromatic carboxylic acids is 1. The van der Waals surface area contributed by atoms with Crippen LogP contribution in [0.5, 0.6) is 5.75 Å². The molecule has 0 aliphatic heterocycles. The van der Waals surface area contributed by atoms with Crippen molar-refractivity contribution >= 4 is 11.9 Å². The van der Waals surface area contributed by atoms with Gasteiger partial charge < -0.3 is 25.2 Å². The van der Waals surface area contributed by atoms with Crippen LogP contribution >= 0.6 is 0 Å². The largest absolute Gasteiger partial charge is 0.495 e. The van der Waals surface area contributed by atoms with Crippen molar-refractivity contribution in [2.45, 2.75) is 12.2 Å². The summed E-state index contributed by atoms with van der Waals surface area (Å²) in [5.41, 5.74) is -0.334. The van der Waals surface area contributed by atoms with E-state index in [4.69, 9.17) is 14.9 Å². The lowest BCUT2D eigenvalue weighted by atomic mass is 10.00. The fourth-order valence-electron chi connectivity index (χ4n) is 1.49. The Bertz CT molecular complexity index is 468. The molecule has 0 aromatic heterocycles. The lowest BCUT2D eigenvalue weighted by Gasteiger charge is -2.18. The van der Waals surface area contributed by atoms with Crippen LogP contribution in [-0.4, -0.2) is 45.6 Å². The van der Waals surface area contributed by atoms with E-state index in [1.54, 1.807) is 0 Å². The molecular weight excluding hydrogens is 244 g/mol. The van der Waals surface area contributed by atoms with Gasteiger partial charge in [0.25, 0.3) is 0 Å². The molecule has 4 N–H and O–H groups in total. The van der Waals surface area contributed by atoms with Crippen LogP contribution in [0.3, 0.4) is 0 Å². The number of methoxy groups -OCH3 is 1. The molecule has 18 heavy (non-hydrogen) atoms. The molecule has 98 valence electrons. The molecule has 1 aromatic carbocycles. The second kappa shape index (κ2) is 5.48. The summed E-state index contributed by atoms with van der Waals surface area (Å²) < 4.78 is 4.84. The van der Waals surface area contributed by atoms with E-state index in [0.717, 1.165) is 0 Å². The molecule has 0 radical (unpaired) electrons. The minimum absolute atomic E-state index is 0.104. The molecule has 0 heterocycles. The van der Waals surface area contributed by atoms with Crippen LogP contribution in [0.4, 0.5) is 0 Å². The van der Waals surface area contributed by atoms with Crippen molar-refractivity contribution in [1.82, 2.24) is 0 Å². The van der Waals surface area contributed by atoms with Gasteiger partial charge in [0.15, 0.2) is 6.10 Å². The number of carboxylic acid groups (broad SMARTS) is 2. The number of aliphatic hydroxyl groups excluding tert-OH is 2. The molecule has 0 saturated carbocycles. The average Bonchev–Trinajstić information content (AvgIpc) is 2.35. The third-order valence-corrected chi connectivity index (χ3v) is 2.35. The second-order valence-corrected chi connectivity index (χ2v) is 3.46. The SMILES string of the molecule is COc1c(C(=O)O)cccc1C(O)C(O)C(=O)O. The van der Waals surface area contributed by atoms with Crippen LogP contribution < -0.4 is 4.74 Å². The molecular formula is C11H12O7. The monoisotopic (exact) mass is 256 g/mol. The molecule has 0 bridgehead atoms. The number of ether oxygens (including phenoxy) is 1. The van der Waals surface area contributed by atoms with Crippen LogP contribution in [0.2, 0.25) is 0 Å². The molecule has 0 spiro atoms. The van der Waals surface area contributed by atoms with E-state index < -0.39 is 24.1 Å². The minimum atomic E-state index is -2.07. The van der Waals surface area contributed by atoms with Gasteiger partial charge in [-0.05, 0) is 6.07 Å². The number of hydrogen-bond acceptors (Lipinski definition) is 5. The van der Waals surface area contributed by atoms with Gasteiger partial charge in [0.2, 0.25) is 0 Å². The van der Waals surface area contributed by atoms with E-state index in [1.165, 1.54) is 25.3 Å². The van der Waals surface area contributed by atoms with Crippen LogP contribution in [0.25, 0.3) is 0 Å². The highest BCUT2D eigenvalue weighted by atomic mass is 16.5.